The van der Waals surface area contributed by atoms with E-state index in [0.717, 1.165) is 12.3 Å². The molecule has 0 amide bonds. The van der Waals surface area contributed by atoms with Crippen LogP contribution in [0.5, 0.6) is 5.75 Å². The van der Waals surface area contributed by atoms with Crippen LogP contribution in [0.25, 0.3) is 0 Å². The Balaban J connectivity index is 1.89. The van der Waals surface area contributed by atoms with E-state index in [1.165, 1.54) is 12.0 Å². The molecule has 1 aromatic rings. The monoisotopic (exact) mass is 300 g/mol. The predicted octanol–water partition coefficient (Wildman–Crippen LogP) is 4.01. The molecule has 0 aliphatic heterocycles. The maximum atomic E-state index is 4.86. The molecule has 0 radical (unpaired) electrons. The maximum absolute atomic E-state index is 4.86. The molecular formula is C7H8O5S4. The average molecular weight is 300 g/mol. The Labute approximate surface area is 111 Å². The van der Waals surface area contributed by atoms with Crippen molar-refractivity contribution in [1.29, 1.82) is 0 Å². The highest BCUT2D eigenvalue weighted by molar-refractivity contribution is 8.12. The Morgan fingerprint density at radius 1 is 0.875 bits per heavy atom. The van der Waals surface area contributed by atoms with E-state index in [1.54, 1.807) is 18.4 Å². The fourth-order valence-electron chi connectivity index (χ4n) is 0.614. The largest absolute Gasteiger partial charge is 0.323 e. The summed E-state index contributed by atoms with van der Waals surface area (Å²) >= 11 is 3.33. The zero-order chi connectivity index (χ0) is 11.5. The highest BCUT2D eigenvalue weighted by atomic mass is 32.3. The quantitative estimate of drug-likeness (QED) is 0.291. The van der Waals surface area contributed by atoms with Crippen LogP contribution >= 0.6 is 49.0 Å². The van der Waals surface area contributed by atoms with Crippen LogP contribution < -0.4 is 4.89 Å². The molecule has 1 aromatic carbocycles. The molecule has 1 rings (SSSR count). The van der Waals surface area contributed by atoms with Crippen LogP contribution in [0.15, 0.2) is 30.3 Å². The molecule has 0 atom stereocenters. The zero-order valence-electron chi connectivity index (χ0n) is 8.06. The van der Waals surface area contributed by atoms with Gasteiger partial charge in [-0.15, -0.1) is 0 Å². The minimum Gasteiger partial charge on any atom is -0.323 e. The molecule has 9 heteroatoms. The molecule has 0 N–H and O–H groups in total. The molecule has 0 fully saturated rings. The van der Waals surface area contributed by atoms with Gasteiger partial charge in [0, 0.05) is 18.3 Å². The Hall–Kier alpha value is 0.260. The molecule has 0 unspecified atom stereocenters. The van der Waals surface area contributed by atoms with Crippen molar-refractivity contribution < 1.29 is 20.1 Å². The molecule has 0 spiro atoms. The lowest BCUT2D eigenvalue weighted by Gasteiger charge is -2.01. The van der Waals surface area contributed by atoms with E-state index in [4.69, 9.17) is 15.8 Å². The zero-order valence-corrected chi connectivity index (χ0v) is 11.3. The van der Waals surface area contributed by atoms with Crippen LogP contribution in [0.3, 0.4) is 0 Å². The first-order valence-corrected chi connectivity index (χ1v) is 7.01. The molecular weight excluding hydrogens is 292 g/mol. The summed E-state index contributed by atoms with van der Waals surface area (Å²) in [5.41, 5.74) is 0. The summed E-state index contributed by atoms with van der Waals surface area (Å²) in [5.74, 6) is 0.588. The van der Waals surface area contributed by atoms with Crippen molar-refractivity contribution in [2.75, 3.05) is 6.26 Å². The van der Waals surface area contributed by atoms with Crippen LogP contribution in [0.4, 0.5) is 0 Å². The molecule has 16 heavy (non-hydrogen) atoms. The van der Waals surface area contributed by atoms with Crippen LogP contribution in [-0.2, 0) is 15.2 Å². The van der Waals surface area contributed by atoms with E-state index < -0.39 is 0 Å². The molecule has 0 aliphatic rings. The second kappa shape index (κ2) is 10.4. The fourth-order valence-corrected chi connectivity index (χ4v) is 1.80. The lowest BCUT2D eigenvalue weighted by Crippen LogP contribution is -1.88. The first-order valence-electron chi connectivity index (χ1n) is 3.86. The second-order valence-electron chi connectivity index (χ2n) is 2.04. The van der Waals surface area contributed by atoms with Crippen molar-refractivity contribution in [2.45, 2.75) is 0 Å². The van der Waals surface area contributed by atoms with Crippen molar-refractivity contribution in [3.8, 4) is 5.75 Å². The van der Waals surface area contributed by atoms with Gasteiger partial charge in [0.05, 0.1) is 0 Å². The van der Waals surface area contributed by atoms with Gasteiger partial charge in [-0.25, -0.2) is 3.63 Å². The molecule has 0 saturated carbocycles. The van der Waals surface area contributed by atoms with Gasteiger partial charge in [0.15, 0.2) is 30.4 Å². The van der Waals surface area contributed by atoms with Crippen LogP contribution in [0.1, 0.15) is 0 Å². The summed E-state index contributed by atoms with van der Waals surface area (Å²) in [6.07, 6.45) is 1.77. The van der Waals surface area contributed by atoms with Gasteiger partial charge in [0.1, 0.15) is 0 Å². The molecule has 0 bridgehead atoms. The SMILES string of the molecule is CSOSOSOSOOc1ccccc1. The summed E-state index contributed by atoms with van der Waals surface area (Å²) in [6.45, 7) is 0. The fraction of sp³-hybridized carbons (Fsp3) is 0.143. The van der Waals surface area contributed by atoms with Crippen LogP contribution in [0.2, 0.25) is 0 Å². The van der Waals surface area contributed by atoms with Crippen molar-refractivity contribution in [3.63, 3.8) is 0 Å². The van der Waals surface area contributed by atoms with Gasteiger partial charge in [-0.3, -0.25) is 0 Å². The standard InChI is InChI=1S/C7H8O5S4/c1-13-10-15-12-16-11-14-9-8-7-5-3-2-4-6-7/h2-6H,1H3. The van der Waals surface area contributed by atoms with E-state index in [0.29, 0.717) is 30.4 Å². The smallest absolute Gasteiger partial charge is 0.222 e. The van der Waals surface area contributed by atoms with Crippen LogP contribution in [-0.4, -0.2) is 6.26 Å². The summed E-state index contributed by atoms with van der Waals surface area (Å²) in [7, 11) is 0. The van der Waals surface area contributed by atoms with Gasteiger partial charge >= 0.3 is 0 Å². The second-order valence-corrected chi connectivity index (χ2v) is 4.55. The van der Waals surface area contributed by atoms with Crippen molar-refractivity contribution in [1.82, 2.24) is 0 Å². The molecule has 0 heterocycles. The first kappa shape index (κ1) is 14.3. The molecule has 90 valence electrons. The van der Waals surface area contributed by atoms with Crippen molar-refractivity contribution in [2.24, 2.45) is 0 Å². The van der Waals surface area contributed by atoms with Gasteiger partial charge in [0.25, 0.3) is 0 Å². The Kier molecular flexibility index (Phi) is 9.32. The third kappa shape index (κ3) is 7.52. The van der Waals surface area contributed by atoms with Gasteiger partial charge in [-0.2, -0.15) is 7.26 Å². The van der Waals surface area contributed by atoms with E-state index in [-0.39, 0.29) is 0 Å². The van der Waals surface area contributed by atoms with E-state index in [9.17, 15) is 0 Å². The minimum atomic E-state index is 0.588. The summed E-state index contributed by atoms with van der Waals surface area (Å²) in [5, 5.41) is 0. The van der Waals surface area contributed by atoms with E-state index in [1.807, 2.05) is 18.2 Å². The molecule has 0 aromatic heterocycles. The van der Waals surface area contributed by atoms with Crippen molar-refractivity contribution in [3.05, 3.63) is 30.3 Å². The van der Waals surface area contributed by atoms with Crippen LogP contribution in [0, 0.1) is 0 Å². The third-order valence-electron chi connectivity index (χ3n) is 1.11. The van der Waals surface area contributed by atoms with Gasteiger partial charge in [-0.05, 0) is 12.1 Å². The number of para-hydroxylation sites is 1. The van der Waals surface area contributed by atoms with Gasteiger partial charge < -0.3 is 4.89 Å². The number of rotatable bonds is 9. The lowest BCUT2D eigenvalue weighted by atomic mass is 10.3. The Morgan fingerprint density at radius 2 is 1.56 bits per heavy atom. The topological polar surface area (TPSA) is 46.2 Å². The number of hydrogen-bond donors (Lipinski definition) is 0. The van der Waals surface area contributed by atoms with Crippen molar-refractivity contribution >= 4 is 49.0 Å². The summed E-state index contributed by atoms with van der Waals surface area (Å²) in [4.78, 5) is 4.86. The average Bonchev–Trinajstić information content (AvgIpc) is 2.34. The summed E-state index contributed by atoms with van der Waals surface area (Å²) < 4.78 is 18.9. The third-order valence-corrected chi connectivity index (χ3v) is 2.89. The maximum Gasteiger partial charge on any atom is 0.222 e. The predicted molar refractivity (Wildman–Crippen MR) is 67.7 cm³/mol. The Bertz CT molecular complexity index is 262. The van der Waals surface area contributed by atoms with Gasteiger partial charge in [0.2, 0.25) is 12.3 Å². The summed E-state index contributed by atoms with van der Waals surface area (Å²) in [6, 6.07) is 9.05. The molecule has 0 aliphatic carbocycles. The Morgan fingerprint density at radius 3 is 2.31 bits per heavy atom. The normalized spacial score (nSPS) is 10.3. The first-order chi connectivity index (χ1) is 7.93. The van der Waals surface area contributed by atoms with Gasteiger partial charge in [-0.1, -0.05) is 22.5 Å². The number of hydrogen-bond acceptors (Lipinski definition) is 9. The highest BCUT2D eigenvalue weighted by Gasteiger charge is 1.97. The number of benzene rings is 1. The molecule has 0 saturated heterocycles. The lowest BCUT2D eigenvalue weighted by molar-refractivity contribution is -0.0829. The highest BCUT2D eigenvalue weighted by Crippen LogP contribution is 2.25. The molecule has 5 nitrogen and oxygen atoms in total. The minimum absolute atomic E-state index is 0.588. The van der Waals surface area contributed by atoms with E-state index >= 15 is 0 Å². The van der Waals surface area contributed by atoms with E-state index in [2.05, 4.69) is 4.33 Å².